The maximum Gasteiger partial charge on any atom is 0.235 e. The van der Waals surface area contributed by atoms with Gasteiger partial charge in [0.25, 0.3) is 0 Å². The van der Waals surface area contributed by atoms with E-state index >= 15 is 0 Å². The molecule has 0 N–H and O–H groups in total. The molecule has 10 aromatic rings. The molecule has 0 fully saturated rings. The Bertz CT molecular complexity index is 2770. The van der Waals surface area contributed by atoms with Gasteiger partial charge in [-0.15, -0.1) is 0 Å². The summed E-state index contributed by atoms with van der Waals surface area (Å²) in [6.07, 6.45) is 0. The van der Waals surface area contributed by atoms with E-state index in [4.69, 9.17) is 14.4 Å². The lowest BCUT2D eigenvalue weighted by Crippen LogP contribution is -2.04. The average Bonchev–Trinajstić information content (AvgIpc) is 3.70. The fourth-order valence-corrected chi connectivity index (χ4v) is 7.18. The van der Waals surface area contributed by atoms with Gasteiger partial charge >= 0.3 is 0 Å². The highest BCUT2D eigenvalue weighted by molar-refractivity contribution is 6.19. The molecule has 0 saturated heterocycles. The minimum Gasteiger partial charge on any atom is -0.455 e. The Balaban J connectivity index is 1.36. The first kappa shape index (κ1) is 26.7. The van der Waals surface area contributed by atoms with E-state index in [2.05, 4.69) is 144 Å². The van der Waals surface area contributed by atoms with Crippen LogP contribution in [0.3, 0.4) is 0 Å². The van der Waals surface area contributed by atoms with Crippen molar-refractivity contribution in [3.63, 3.8) is 0 Å². The monoisotopic (exact) mass is 613 g/mol. The van der Waals surface area contributed by atoms with Crippen molar-refractivity contribution in [2.75, 3.05) is 0 Å². The molecular formula is C44H27N3O. The highest BCUT2D eigenvalue weighted by Crippen LogP contribution is 2.43. The molecule has 3 aromatic heterocycles. The summed E-state index contributed by atoms with van der Waals surface area (Å²) in [6.45, 7) is 0. The Labute approximate surface area is 276 Å². The van der Waals surface area contributed by atoms with Crippen molar-refractivity contribution in [1.29, 1.82) is 0 Å². The molecule has 0 unspecified atom stereocenters. The van der Waals surface area contributed by atoms with Crippen molar-refractivity contribution < 1.29 is 4.42 Å². The third-order valence-corrected chi connectivity index (χ3v) is 9.40. The second kappa shape index (κ2) is 10.5. The molecule has 10 rings (SSSR count). The summed E-state index contributed by atoms with van der Waals surface area (Å²) in [5.74, 6) is 0.620. The van der Waals surface area contributed by atoms with Gasteiger partial charge in [-0.3, -0.25) is 4.57 Å². The first-order valence-corrected chi connectivity index (χ1v) is 16.2. The zero-order valence-electron chi connectivity index (χ0n) is 25.8. The van der Waals surface area contributed by atoms with Crippen LogP contribution in [0.5, 0.6) is 0 Å². The lowest BCUT2D eigenvalue weighted by molar-refractivity contribution is 0.670. The Morgan fingerprint density at radius 2 is 1.02 bits per heavy atom. The summed E-state index contributed by atoms with van der Waals surface area (Å²) in [7, 11) is 0. The molecule has 0 saturated carbocycles. The van der Waals surface area contributed by atoms with Crippen LogP contribution in [0.25, 0.3) is 94.1 Å². The number of hydrogen-bond acceptors (Lipinski definition) is 3. The topological polar surface area (TPSA) is 43.9 Å². The molecule has 0 aliphatic rings. The molecule has 0 bridgehead atoms. The van der Waals surface area contributed by atoms with Crippen LogP contribution in [-0.2, 0) is 0 Å². The SMILES string of the molecule is c1ccc(-c2cc(-c3ccccc3)nc(-n3c4cc5ccccc5cc4c4cccc(-c5cccc6c5oc5ccccc56)c43)n2)cc1. The molecule has 0 spiro atoms. The predicted molar refractivity (Wildman–Crippen MR) is 197 cm³/mol. The lowest BCUT2D eigenvalue weighted by atomic mass is 9.99. The largest absolute Gasteiger partial charge is 0.455 e. The lowest BCUT2D eigenvalue weighted by Gasteiger charge is -2.14. The fourth-order valence-electron chi connectivity index (χ4n) is 7.18. The van der Waals surface area contributed by atoms with Crippen molar-refractivity contribution in [2.24, 2.45) is 0 Å². The third kappa shape index (κ3) is 4.10. The van der Waals surface area contributed by atoms with Crippen LogP contribution in [0, 0.1) is 0 Å². The van der Waals surface area contributed by atoms with E-state index in [1.807, 2.05) is 24.3 Å². The molecule has 4 nitrogen and oxygen atoms in total. The number of fused-ring (bicyclic) bond motifs is 7. The van der Waals surface area contributed by atoms with Gasteiger partial charge in [-0.05, 0) is 35.0 Å². The Hall–Kier alpha value is -6.52. The van der Waals surface area contributed by atoms with Crippen LogP contribution >= 0.6 is 0 Å². The Morgan fingerprint density at radius 1 is 0.438 bits per heavy atom. The molecule has 0 radical (unpaired) electrons. The second-order valence-corrected chi connectivity index (χ2v) is 12.2. The van der Waals surface area contributed by atoms with Gasteiger partial charge in [0, 0.05) is 43.8 Å². The normalized spacial score (nSPS) is 11.8. The van der Waals surface area contributed by atoms with E-state index in [1.54, 1.807) is 0 Å². The summed E-state index contributed by atoms with van der Waals surface area (Å²) in [4.78, 5) is 10.6. The molecule has 0 atom stereocenters. The highest BCUT2D eigenvalue weighted by atomic mass is 16.3. The number of rotatable bonds is 4. The summed E-state index contributed by atoms with van der Waals surface area (Å²) in [5, 5.41) is 6.85. The zero-order valence-corrected chi connectivity index (χ0v) is 25.8. The quantitative estimate of drug-likeness (QED) is 0.198. The van der Waals surface area contributed by atoms with Gasteiger partial charge in [0.2, 0.25) is 5.95 Å². The summed E-state index contributed by atoms with van der Waals surface area (Å²) in [5.41, 5.74) is 9.75. The van der Waals surface area contributed by atoms with E-state index in [1.165, 1.54) is 5.39 Å². The van der Waals surface area contributed by atoms with E-state index < -0.39 is 0 Å². The van der Waals surface area contributed by atoms with Crippen LogP contribution in [0.15, 0.2) is 168 Å². The van der Waals surface area contributed by atoms with Crippen molar-refractivity contribution in [3.8, 4) is 39.6 Å². The van der Waals surface area contributed by atoms with Gasteiger partial charge in [-0.25, -0.2) is 9.97 Å². The first-order chi connectivity index (χ1) is 23.8. The summed E-state index contributed by atoms with van der Waals surface area (Å²) >= 11 is 0. The van der Waals surface area contributed by atoms with Crippen LogP contribution in [0.4, 0.5) is 0 Å². The molecule has 3 heterocycles. The van der Waals surface area contributed by atoms with Crippen LogP contribution in [0.2, 0.25) is 0 Å². The number of nitrogens with zero attached hydrogens (tertiary/aromatic N) is 3. The summed E-state index contributed by atoms with van der Waals surface area (Å²) < 4.78 is 8.84. The Morgan fingerprint density at radius 3 is 1.75 bits per heavy atom. The van der Waals surface area contributed by atoms with Crippen molar-refractivity contribution >= 4 is 54.5 Å². The molecule has 4 heteroatoms. The van der Waals surface area contributed by atoms with Crippen molar-refractivity contribution in [1.82, 2.24) is 14.5 Å². The number of hydrogen-bond donors (Lipinski definition) is 0. The maximum absolute atomic E-state index is 6.58. The van der Waals surface area contributed by atoms with Crippen molar-refractivity contribution in [3.05, 3.63) is 164 Å². The average molecular weight is 614 g/mol. The minimum atomic E-state index is 0.620. The smallest absolute Gasteiger partial charge is 0.235 e. The third-order valence-electron chi connectivity index (χ3n) is 9.40. The van der Waals surface area contributed by atoms with Gasteiger partial charge in [0.15, 0.2) is 0 Å². The Kier molecular flexibility index (Phi) is 5.84. The zero-order chi connectivity index (χ0) is 31.6. The van der Waals surface area contributed by atoms with E-state index in [0.717, 1.165) is 82.8 Å². The minimum absolute atomic E-state index is 0.620. The van der Waals surface area contributed by atoms with Crippen molar-refractivity contribution in [2.45, 2.75) is 0 Å². The summed E-state index contributed by atoms with van der Waals surface area (Å²) in [6, 6.07) is 57.1. The second-order valence-electron chi connectivity index (χ2n) is 12.2. The first-order valence-electron chi connectivity index (χ1n) is 16.2. The van der Waals surface area contributed by atoms with Gasteiger partial charge in [0.1, 0.15) is 11.2 Å². The van der Waals surface area contributed by atoms with E-state index in [-0.39, 0.29) is 0 Å². The maximum atomic E-state index is 6.58. The molecule has 0 aliphatic carbocycles. The van der Waals surface area contributed by atoms with E-state index in [0.29, 0.717) is 5.95 Å². The molecule has 0 amide bonds. The molecule has 48 heavy (non-hydrogen) atoms. The fraction of sp³-hybridized carbons (Fsp3) is 0. The van der Waals surface area contributed by atoms with Crippen LogP contribution in [0.1, 0.15) is 0 Å². The highest BCUT2D eigenvalue weighted by Gasteiger charge is 2.22. The molecule has 0 aliphatic heterocycles. The molecular weight excluding hydrogens is 587 g/mol. The molecule has 224 valence electrons. The van der Waals surface area contributed by atoms with Gasteiger partial charge in [0.05, 0.1) is 22.4 Å². The standard InChI is InChI=1S/C44H27N3O/c1-3-13-28(14-4-1)38-27-39(29-15-5-2-6-16-29)46-44(45-38)47-40-26-31-18-8-7-17-30(31)25-37(40)34-21-11-20-33(42(34)47)36-23-12-22-35-32-19-9-10-24-41(32)48-43(35)36/h1-27H. The predicted octanol–water partition coefficient (Wildman–Crippen LogP) is 11.6. The number of furan rings is 1. The number of para-hydroxylation sites is 3. The van der Waals surface area contributed by atoms with Crippen LogP contribution in [-0.4, -0.2) is 14.5 Å². The van der Waals surface area contributed by atoms with E-state index in [9.17, 15) is 0 Å². The number of benzene rings is 7. The van der Waals surface area contributed by atoms with Gasteiger partial charge in [-0.1, -0.05) is 140 Å². The van der Waals surface area contributed by atoms with Crippen LogP contribution < -0.4 is 0 Å². The number of aromatic nitrogens is 3. The van der Waals surface area contributed by atoms with Gasteiger partial charge < -0.3 is 4.42 Å². The van der Waals surface area contributed by atoms with Gasteiger partial charge in [-0.2, -0.15) is 0 Å². The molecule has 7 aromatic carbocycles.